The first-order valence-electron chi connectivity index (χ1n) is 4.60. The molecule has 4 heteroatoms. The van der Waals surface area contributed by atoms with Crippen LogP contribution in [0.25, 0.3) is 0 Å². The second-order valence-corrected chi connectivity index (χ2v) is 3.43. The Labute approximate surface area is 85.6 Å². The number of ether oxygens (including phenoxy) is 1. The molecule has 1 aliphatic rings. The maximum atomic E-state index is 10.0. The van der Waals surface area contributed by atoms with E-state index in [1.54, 1.807) is 0 Å². The molecule has 1 saturated carbocycles. The summed E-state index contributed by atoms with van der Waals surface area (Å²) in [6.45, 7) is 1.66. The molecule has 0 heterocycles. The van der Waals surface area contributed by atoms with Crippen LogP contribution in [0.15, 0.2) is 0 Å². The van der Waals surface area contributed by atoms with Crippen LogP contribution in [-0.4, -0.2) is 26.2 Å². The fourth-order valence-electron chi connectivity index (χ4n) is 1.84. The number of carbonyl (C=O) groups is 1. The van der Waals surface area contributed by atoms with E-state index in [-0.39, 0.29) is 18.5 Å². The average molecular weight is 208 g/mol. The van der Waals surface area contributed by atoms with Crippen molar-refractivity contribution in [1.29, 1.82) is 0 Å². The molecule has 0 unspecified atom stereocenters. The minimum atomic E-state index is 0. The first-order valence-corrected chi connectivity index (χ1v) is 4.60. The van der Waals surface area contributed by atoms with Gasteiger partial charge in [0.15, 0.2) is 0 Å². The highest BCUT2D eigenvalue weighted by molar-refractivity contribution is 5.85. The van der Waals surface area contributed by atoms with Crippen molar-refractivity contribution in [3.8, 4) is 0 Å². The summed E-state index contributed by atoms with van der Waals surface area (Å²) in [5, 5.41) is 3.17. The Hall–Kier alpha value is -0.280. The quantitative estimate of drug-likeness (QED) is 0.708. The second kappa shape index (κ2) is 7.15. The molecular weight excluding hydrogens is 190 g/mol. The van der Waals surface area contributed by atoms with Crippen LogP contribution in [-0.2, 0) is 9.53 Å². The van der Waals surface area contributed by atoms with Gasteiger partial charge in [-0.05, 0) is 45.2 Å². The maximum absolute atomic E-state index is 10.0. The van der Waals surface area contributed by atoms with E-state index in [9.17, 15) is 4.79 Å². The molecule has 0 aromatic rings. The molecule has 0 bridgehead atoms. The number of carbonyl (C=O) groups excluding carboxylic acids is 1. The Balaban J connectivity index is 0.00000144. The van der Waals surface area contributed by atoms with Crippen molar-refractivity contribution in [3.05, 3.63) is 0 Å². The smallest absolute Gasteiger partial charge is 0.293 e. The topological polar surface area (TPSA) is 38.3 Å². The molecule has 0 aromatic heterocycles. The van der Waals surface area contributed by atoms with Crippen molar-refractivity contribution >= 4 is 18.9 Å². The monoisotopic (exact) mass is 207 g/mol. The first-order chi connectivity index (χ1) is 5.86. The zero-order chi connectivity index (χ0) is 8.81. The Morgan fingerprint density at radius 2 is 2.00 bits per heavy atom. The lowest BCUT2D eigenvalue weighted by Crippen LogP contribution is -2.27. The van der Waals surface area contributed by atoms with E-state index in [4.69, 9.17) is 4.74 Å². The largest absolute Gasteiger partial charge is 0.465 e. The molecule has 0 amide bonds. The summed E-state index contributed by atoms with van der Waals surface area (Å²) < 4.78 is 4.91. The van der Waals surface area contributed by atoms with Gasteiger partial charge < -0.3 is 10.1 Å². The van der Waals surface area contributed by atoms with Crippen LogP contribution < -0.4 is 5.32 Å². The van der Waals surface area contributed by atoms with Gasteiger partial charge in [-0.3, -0.25) is 4.79 Å². The molecule has 1 rings (SSSR count). The van der Waals surface area contributed by atoms with Crippen molar-refractivity contribution in [2.45, 2.75) is 31.8 Å². The van der Waals surface area contributed by atoms with Crippen molar-refractivity contribution in [2.75, 3.05) is 13.6 Å². The summed E-state index contributed by atoms with van der Waals surface area (Å²) in [6, 6.07) is 0. The van der Waals surface area contributed by atoms with Crippen molar-refractivity contribution in [2.24, 2.45) is 5.92 Å². The average Bonchev–Trinajstić information content (AvgIpc) is 2.09. The maximum Gasteiger partial charge on any atom is 0.293 e. The predicted octanol–water partition coefficient (Wildman–Crippen LogP) is 1.36. The lowest BCUT2D eigenvalue weighted by atomic mass is 9.87. The molecule has 0 saturated heterocycles. The SMILES string of the molecule is CNCC1CCC(OC=O)CC1.Cl. The molecule has 0 radical (unpaired) electrons. The van der Waals surface area contributed by atoms with Crippen molar-refractivity contribution in [1.82, 2.24) is 5.32 Å². The molecule has 1 aliphatic carbocycles. The lowest BCUT2D eigenvalue weighted by Gasteiger charge is -2.26. The highest BCUT2D eigenvalue weighted by Crippen LogP contribution is 2.25. The van der Waals surface area contributed by atoms with Gasteiger partial charge >= 0.3 is 0 Å². The third-order valence-corrected chi connectivity index (χ3v) is 2.53. The van der Waals surface area contributed by atoms with Gasteiger partial charge in [-0.25, -0.2) is 0 Å². The second-order valence-electron chi connectivity index (χ2n) is 3.43. The van der Waals surface area contributed by atoms with Gasteiger partial charge in [-0.15, -0.1) is 12.4 Å². The number of rotatable bonds is 4. The molecule has 0 atom stereocenters. The summed E-state index contributed by atoms with van der Waals surface area (Å²) in [4.78, 5) is 10.0. The fraction of sp³-hybridized carbons (Fsp3) is 0.889. The van der Waals surface area contributed by atoms with E-state index >= 15 is 0 Å². The Morgan fingerprint density at radius 1 is 1.38 bits per heavy atom. The van der Waals surface area contributed by atoms with Gasteiger partial charge in [0.2, 0.25) is 0 Å². The van der Waals surface area contributed by atoms with Crippen LogP contribution in [0.5, 0.6) is 0 Å². The van der Waals surface area contributed by atoms with Crippen LogP contribution in [0.4, 0.5) is 0 Å². The van der Waals surface area contributed by atoms with E-state index in [1.165, 1.54) is 12.8 Å². The van der Waals surface area contributed by atoms with Gasteiger partial charge in [0.1, 0.15) is 6.10 Å². The third kappa shape index (κ3) is 4.48. The van der Waals surface area contributed by atoms with Gasteiger partial charge in [-0.1, -0.05) is 0 Å². The Bertz CT molecular complexity index is 136. The summed E-state index contributed by atoms with van der Waals surface area (Å²) in [5.74, 6) is 0.779. The number of nitrogens with one attached hydrogen (secondary N) is 1. The summed E-state index contributed by atoms with van der Waals surface area (Å²) in [5.41, 5.74) is 0. The molecule has 1 fully saturated rings. The van der Waals surface area contributed by atoms with Crippen LogP contribution >= 0.6 is 12.4 Å². The fourth-order valence-corrected chi connectivity index (χ4v) is 1.84. The van der Waals surface area contributed by atoms with Crippen molar-refractivity contribution < 1.29 is 9.53 Å². The molecule has 3 nitrogen and oxygen atoms in total. The van der Waals surface area contributed by atoms with E-state index in [0.29, 0.717) is 6.47 Å². The van der Waals surface area contributed by atoms with E-state index < -0.39 is 0 Å². The highest BCUT2D eigenvalue weighted by atomic mass is 35.5. The minimum absolute atomic E-state index is 0. The van der Waals surface area contributed by atoms with E-state index in [0.717, 1.165) is 25.3 Å². The van der Waals surface area contributed by atoms with Gasteiger partial charge in [-0.2, -0.15) is 0 Å². The van der Waals surface area contributed by atoms with Crippen LogP contribution in [0.2, 0.25) is 0 Å². The molecule has 0 spiro atoms. The summed E-state index contributed by atoms with van der Waals surface area (Å²) in [6.07, 6.45) is 4.62. The summed E-state index contributed by atoms with van der Waals surface area (Å²) >= 11 is 0. The Kier molecular flexibility index (Phi) is 7.00. The normalized spacial score (nSPS) is 27.5. The Morgan fingerprint density at radius 3 is 2.46 bits per heavy atom. The number of halogens is 1. The molecule has 13 heavy (non-hydrogen) atoms. The van der Waals surface area contributed by atoms with Crippen molar-refractivity contribution in [3.63, 3.8) is 0 Å². The molecule has 1 N–H and O–H groups in total. The van der Waals surface area contributed by atoms with Gasteiger partial charge in [0, 0.05) is 0 Å². The van der Waals surface area contributed by atoms with Gasteiger partial charge in [0.25, 0.3) is 6.47 Å². The van der Waals surface area contributed by atoms with Crippen LogP contribution in [0.1, 0.15) is 25.7 Å². The zero-order valence-corrected chi connectivity index (χ0v) is 8.81. The standard InChI is InChI=1S/C9H17NO2.ClH/c1-10-6-8-2-4-9(5-3-8)12-7-11;/h7-10H,2-6H2,1H3;1H. The lowest BCUT2D eigenvalue weighted by molar-refractivity contribution is -0.135. The third-order valence-electron chi connectivity index (χ3n) is 2.53. The number of hydrogen-bond acceptors (Lipinski definition) is 3. The van der Waals surface area contributed by atoms with Gasteiger partial charge in [0.05, 0.1) is 0 Å². The van der Waals surface area contributed by atoms with E-state index in [2.05, 4.69) is 5.32 Å². The summed E-state index contributed by atoms with van der Waals surface area (Å²) in [7, 11) is 1.98. The van der Waals surface area contributed by atoms with Crippen LogP contribution in [0.3, 0.4) is 0 Å². The van der Waals surface area contributed by atoms with Crippen LogP contribution in [0, 0.1) is 5.92 Å². The zero-order valence-electron chi connectivity index (χ0n) is 7.99. The molecule has 0 aromatic carbocycles. The molecule has 78 valence electrons. The predicted molar refractivity (Wildman–Crippen MR) is 54.1 cm³/mol. The highest BCUT2D eigenvalue weighted by Gasteiger charge is 2.20. The number of hydrogen-bond donors (Lipinski definition) is 1. The first kappa shape index (κ1) is 12.7. The molecule has 0 aliphatic heterocycles. The minimum Gasteiger partial charge on any atom is -0.465 e. The molecular formula is C9H18ClNO2. The van der Waals surface area contributed by atoms with E-state index in [1.807, 2.05) is 7.05 Å².